The average Bonchev–Trinajstić information content (AvgIpc) is 2.85. The predicted molar refractivity (Wildman–Crippen MR) is 78.4 cm³/mol. The van der Waals surface area contributed by atoms with Crippen LogP contribution in [-0.4, -0.2) is 37.8 Å². The molecule has 0 amide bonds. The first-order chi connectivity index (χ1) is 9.17. The van der Waals surface area contributed by atoms with Gasteiger partial charge in [0.2, 0.25) is 0 Å². The van der Waals surface area contributed by atoms with Crippen molar-refractivity contribution in [2.75, 3.05) is 31.7 Å². The molecule has 1 aromatic heterocycles. The Morgan fingerprint density at radius 2 is 2.32 bits per heavy atom. The Bertz CT molecular complexity index is 400. The van der Waals surface area contributed by atoms with Crippen LogP contribution in [0.15, 0.2) is 5.38 Å². The molecule has 0 aromatic carbocycles. The number of aromatic nitrogens is 1. The highest BCUT2D eigenvalue weighted by molar-refractivity contribution is 7.13. The second kappa shape index (κ2) is 8.86. The number of anilines is 1. The van der Waals surface area contributed by atoms with Crippen LogP contribution < -0.4 is 10.2 Å². The van der Waals surface area contributed by atoms with E-state index in [1.165, 1.54) is 0 Å². The summed E-state index contributed by atoms with van der Waals surface area (Å²) in [7, 11) is 1.68. The number of nitrogens with one attached hydrogen (secondary N) is 1. The van der Waals surface area contributed by atoms with Gasteiger partial charge in [-0.05, 0) is 0 Å². The van der Waals surface area contributed by atoms with Crippen molar-refractivity contribution in [3.63, 3.8) is 0 Å². The van der Waals surface area contributed by atoms with Gasteiger partial charge >= 0.3 is 0 Å². The van der Waals surface area contributed by atoms with Crippen LogP contribution in [0.3, 0.4) is 0 Å². The maximum Gasteiger partial charge on any atom is 0.185 e. The number of nitriles is 1. The lowest BCUT2D eigenvalue weighted by Gasteiger charge is -2.19. The molecule has 19 heavy (non-hydrogen) atoms. The first-order valence-corrected chi connectivity index (χ1v) is 7.34. The van der Waals surface area contributed by atoms with E-state index in [2.05, 4.69) is 40.5 Å². The van der Waals surface area contributed by atoms with Crippen LogP contribution >= 0.6 is 11.3 Å². The van der Waals surface area contributed by atoms with E-state index >= 15 is 0 Å². The fraction of sp³-hybridized carbons (Fsp3) is 0.692. The van der Waals surface area contributed by atoms with Gasteiger partial charge in [-0.1, -0.05) is 13.8 Å². The molecule has 0 radical (unpaired) electrons. The number of methoxy groups -OCH3 is 1. The fourth-order valence-corrected chi connectivity index (χ4v) is 2.40. The molecule has 106 valence electrons. The Morgan fingerprint density at radius 1 is 1.53 bits per heavy atom. The normalized spacial score (nSPS) is 10.7. The molecular weight excluding hydrogens is 260 g/mol. The molecule has 0 bridgehead atoms. The second-order valence-electron chi connectivity index (χ2n) is 4.54. The van der Waals surface area contributed by atoms with Crippen molar-refractivity contribution < 1.29 is 4.74 Å². The van der Waals surface area contributed by atoms with Gasteiger partial charge < -0.3 is 15.0 Å². The summed E-state index contributed by atoms with van der Waals surface area (Å²) >= 11 is 1.62. The largest absolute Gasteiger partial charge is 0.383 e. The molecule has 1 aromatic rings. The molecule has 0 saturated carbocycles. The van der Waals surface area contributed by atoms with Gasteiger partial charge in [-0.25, -0.2) is 4.98 Å². The lowest BCUT2D eigenvalue weighted by molar-refractivity contribution is 0.205. The molecular formula is C13H22N4OS. The molecule has 0 unspecified atom stereocenters. The first kappa shape index (κ1) is 15.9. The first-order valence-electron chi connectivity index (χ1n) is 6.46. The summed E-state index contributed by atoms with van der Waals surface area (Å²) in [6.07, 6.45) is 0.503. The topological polar surface area (TPSA) is 61.2 Å². The smallest absolute Gasteiger partial charge is 0.185 e. The molecule has 0 saturated heterocycles. The highest BCUT2D eigenvalue weighted by atomic mass is 32.1. The summed E-state index contributed by atoms with van der Waals surface area (Å²) in [5, 5.41) is 15.1. The third-order valence-electron chi connectivity index (χ3n) is 2.56. The summed E-state index contributed by atoms with van der Waals surface area (Å²) in [5.41, 5.74) is 1.05. The summed E-state index contributed by atoms with van der Waals surface area (Å²) in [6.45, 7) is 7.12. The minimum absolute atomic E-state index is 0.452. The number of hydrogen-bond donors (Lipinski definition) is 1. The minimum atomic E-state index is 0.452. The van der Waals surface area contributed by atoms with Gasteiger partial charge in [0.1, 0.15) is 0 Å². The molecule has 0 atom stereocenters. The molecule has 1 N–H and O–H groups in total. The van der Waals surface area contributed by atoms with Gasteiger partial charge in [0.25, 0.3) is 0 Å². The summed E-state index contributed by atoms with van der Waals surface area (Å²) < 4.78 is 5.10. The summed E-state index contributed by atoms with van der Waals surface area (Å²) in [5.74, 6) is 0. The van der Waals surface area contributed by atoms with E-state index in [9.17, 15) is 0 Å². The Hall–Kier alpha value is -1.16. The van der Waals surface area contributed by atoms with Crippen LogP contribution in [0.2, 0.25) is 0 Å². The number of thiazole rings is 1. The molecule has 0 aliphatic carbocycles. The second-order valence-corrected chi connectivity index (χ2v) is 5.38. The van der Waals surface area contributed by atoms with Gasteiger partial charge in [0.15, 0.2) is 5.13 Å². The predicted octanol–water partition coefficient (Wildman–Crippen LogP) is 2.01. The van der Waals surface area contributed by atoms with E-state index in [0.29, 0.717) is 25.6 Å². The zero-order chi connectivity index (χ0) is 14.1. The number of nitrogens with zero attached hydrogens (tertiary/aromatic N) is 3. The van der Waals surface area contributed by atoms with E-state index in [1.54, 1.807) is 18.4 Å². The number of ether oxygens (including phenoxy) is 1. The molecule has 0 fully saturated rings. The Balaban J connectivity index is 2.59. The third-order valence-corrected chi connectivity index (χ3v) is 3.51. The zero-order valence-electron chi connectivity index (χ0n) is 11.8. The van der Waals surface area contributed by atoms with Crippen LogP contribution in [0.25, 0.3) is 0 Å². The zero-order valence-corrected chi connectivity index (χ0v) is 12.7. The van der Waals surface area contributed by atoms with Crippen molar-refractivity contribution in [2.24, 2.45) is 0 Å². The van der Waals surface area contributed by atoms with Crippen molar-refractivity contribution in [3.8, 4) is 6.07 Å². The van der Waals surface area contributed by atoms with Crippen LogP contribution in [0.1, 0.15) is 26.0 Å². The Morgan fingerprint density at radius 3 is 2.95 bits per heavy atom. The van der Waals surface area contributed by atoms with E-state index in [-0.39, 0.29) is 0 Å². The van der Waals surface area contributed by atoms with Crippen molar-refractivity contribution in [2.45, 2.75) is 32.9 Å². The lowest BCUT2D eigenvalue weighted by atomic mass is 10.4. The average molecular weight is 282 g/mol. The van der Waals surface area contributed by atoms with Crippen LogP contribution in [0.5, 0.6) is 0 Å². The lowest BCUT2D eigenvalue weighted by Crippen LogP contribution is -2.28. The minimum Gasteiger partial charge on any atom is -0.383 e. The molecule has 1 heterocycles. The number of rotatable bonds is 9. The van der Waals surface area contributed by atoms with Gasteiger partial charge in [0.05, 0.1) is 24.8 Å². The Labute approximate surface area is 119 Å². The van der Waals surface area contributed by atoms with Crippen molar-refractivity contribution in [1.82, 2.24) is 10.3 Å². The van der Waals surface area contributed by atoms with Crippen LogP contribution in [-0.2, 0) is 11.3 Å². The van der Waals surface area contributed by atoms with Gasteiger partial charge in [0, 0.05) is 38.2 Å². The Kier molecular flexibility index (Phi) is 7.41. The summed E-state index contributed by atoms with van der Waals surface area (Å²) in [6, 6.07) is 2.63. The van der Waals surface area contributed by atoms with Gasteiger partial charge in [-0.3, -0.25) is 0 Å². The van der Waals surface area contributed by atoms with Crippen molar-refractivity contribution >= 4 is 16.5 Å². The molecule has 5 nitrogen and oxygen atoms in total. The maximum atomic E-state index is 8.70. The van der Waals surface area contributed by atoms with Crippen LogP contribution in [0.4, 0.5) is 5.13 Å². The molecule has 0 aliphatic rings. The van der Waals surface area contributed by atoms with E-state index in [1.807, 2.05) is 0 Å². The quantitative estimate of drug-likeness (QED) is 0.750. The SMILES string of the molecule is COCCN(CCC#N)c1nc(CNC(C)C)cs1. The van der Waals surface area contributed by atoms with Gasteiger partial charge in [-0.15, -0.1) is 11.3 Å². The highest BCUT2D eigenvalue weighted by Crippen LogP contribution is 2.20. The fourth-order valence-electron chi connectivity index (χ4n) is 1.52. The van der Waals surface area contributed by atoms with Crippen LogP contribution in [0, 0.1) is 11.3 Å². The number of hydrogen-bond acceptors (Lipinski definition) is 6. The van der Waals surface area contributed by atoms with Crippen molar-refractivity contribution in [1.29, 1.82) is 5.26 Å². The van der Waals surface area contributed by atoms with Crippen molar-refractivity contribution in [3.05, 3.63) is 11.1 Å². The summed E-state index contributed by atoms with van der Waals surface area (Å²) in [4.78, 5) is 6.71. The molecule has 0 spiro atoms. The molecule has 1 rings (SSSR count). The molecule has 0 aliphatic heterocycles. The van der Waals surface area contributed by atoms with E-state index < -0.39 is 0 Å². The maximum absolute atomic E-state index is 8.70. The third kappa shape index (κ3) is 6.01. The van der Waals surface area contributed by atoms with E-state index in [4.69, 9.17) is 10.00 Å². The standard InChI is InChI=1S/C13H22N4OS/c1-11(2)15-9-12-10-19-13(16-12)17(6-4-5-14)7-8-18-3/h10-11,15H,4,6-9H2,1-3H3. The monoisotopic (exact) mass is 282 g/mol. The van der Waals surface area contributed by atoms with E-state index in [0.717, 1.165) is 23.9 Å². The highest BCUT2D eigenvalue weighted by Gasteiger charge is 2.11. The molecule has 6 heteroatoms. The van der Waals surface area contributed by atoms with Gasteiger partial charge in [-0.2, -0.15) is 5.26 Å².